The maximum absolute atomic E-state index is 12.7. The molecule has 5 nitrogen and oxygen atoms in total. The van der Waals surface area contributed by atoms with Crippen LogP contribution in [0.2, 0.25) is 0 Å². The molecule has 0 saturated carbocycles. The summed E-state index contributed by atoms with van der Waals surface area (Å²) in [6.45, 7) is 4.24. The summed E-state index contributed by atoms with van der Waals surface area (Å²) in [5.41, 5.74) is 1.67. The number of imidazole rings is 1. The highest BCUT2D eigenvalue weighted by atomic mass is 19.4. The molecule has 0 bridgehead atoms. The first-order valence-electron chi connectivity index (χ1n) is 7.96. The van der Waals surface area contributed by atoms with E-state index < -0.39 is 12.1 Å². The van der Waals surface area contributed by atoms with Crippen molar-refractivity contribution >= 4 is 17.1 Å². The van der Waals surface area contributed by atoms with Gasteiger partial charge in [0.05, 0.1) is 17.8 Å². The van der Waals surface area contributed by atoms with Crippen molar-refractivity contribution in [3.05, 3.63) is 24.2 Å². The van der Waals surface area contributed by atoms with Crippen LogP contribution in [0.1, 0.15) is 43.1 Å². The monoisotopic (exact) mass is 340 g/mol. The zero-order valence-corrected chi connectivity index (χ0v) is 13.5. The van der Waals surface area contributed by atoms with Crippen LogP contribution in [0.4, 0.5) is 13.2 Å². The Hall–Kier alpha value is -2.12. The molecule has 0 spiro atoms. The summed E-state index contributed by atoms with van der Waals surface area (Å²) in [7, 11) is 0. The zero-order valence-electron chi connectivity index (χ0n) is 13.5. The highest BCUT2D eigenvalue weighted by molar-refractivity contribution is 5.96. The van der Waals surface area contributed by atoms with Crippen molar-refractivity contribution in [2.45, 2.75) is 38.9 Å². The van der Waals surface area contributed by atoms with Crippen LogP contribution in [0, 0.1) is 5.92 Å². The Morgan fingerprint density at radius 3 is 2.50 bits per heavy atom. The minimum Gasteiger partial charge on any atom is -0.339 e. The van der Waals surface area contributed by atoms with Crippen molar-refractivity contribution < 1.29 is 18.0 Å². The average molecular weight is 340 g/mol. The molecule has 1 saturated heterocycles. The van der Waals surface area contributed by atoms with Gasteiger partial charge >= 0.3 is 6.18 Å². The van der Waals surface area contributed by atoms with E-state index in [9.17, 15) is 18.0 Å². The van der Waals surface area contributed by atoms with Gasteiger partial charge in [0.2, 0.25) is 0 Å². The van der Waals surface area contributed by atoms with E-state index in [2.05, 4.69) is 9.97 Å². The second-order valence-corrected chi connectivity index (χ2v) is 6.42. The first-order chi connectivity index (χ1) is 11.3. The molecule has 24 heavy (non-hydrogen) atoms. The second kappa shape index (κ2) is 6.07. The number of likely N-dealkylation sites (tertiary alicyclic amines) is 1. The summed E-state index contributed by atoms with van der Waals surface area (Å²) in [4.78, 5) is 22.5. The number of fused-ring (bicyclic) bond motifs is 1. The third-order valence-electron chi connectivity index (χ3n) is 4.46. The van der Waals surface area contributed by atoms with E-state index in [0.717, 1.165) is 0 Å². The van der Waals surface area contributed by atoms with Crippen LogP contribution in [-0.4, -0.2) is 44.6 Å². The van der Waals surface area contributed by atoms with E-state index >= 15 is 0 Å². The molecule has 0 radical (unpaired) electrons. The third kappa shape index (κ3) is 3.09. The van der Waals surface area contributed by atoms with Gasteiger partial charge in [-0.25, -0.2) is 9.97 Å². The van der Waals surface area contributed by atoms with Crippen LogP contribution in [0.15, 0.2) is 18.6 Å². The summed E-state index contributed by atoms with van der Waals surface area (Å²) in [6, 6.07) is 1.85. The van der Waals surface area contributed by atoms with Gasteiger partial charge in [-0.15, -0.1) is 0 Å². The molecule has 0 aromatic carbocycles. The molecule has 130 valence electrons. The summed E-state index contributed by atoms with van der Waals surface area (Å²) < 4.78 is 40.0. The average Bonchev–Trinajstić information content (AvgIpc) is 2.96. The zero-order chi connectivity index (χ0) is 17.5. The number of aromatic nitrogens is 3. The smallest absolute Gasteiger partial charge is 0.339 e. The molecule has 1 aliphatic heterocycles. The molecule has 1 fully saturated rings. The lowest BCUT2D eigenvalue weighted by molar-refractivity contribution is -0.183. The van der Waals surface area contributed by atoms with E-state index in [4.69, 9.17) is 0 Å². The number of halogens is 3. The number of rotatable bonds is 2. The van der Waals surface area contributed by atoms with Gasteiger partial charge < -0.3 is 9.47 Å². The van der Waals surface area contributed by atoms with Crippen LogP contribution < -0.4 is 0 Å². The second-order valence-electron chi connectivity index (χ2n) is 6.42. The number of hydrogen-bond donors (Lipinski definition) is 0. The normalized spacial score (nSPS) is 17.0. The van der Waals surface area contributed by atoms with E-state index in [0.29, 0.717) is 16.7 Å². The lowest BCUT2D eigenvalue weighted by Crippen LogP contribution is -2.42. The number of hydrogen-bond acceptors (Lipinski definition) is 3. The van der Waals surface area contributed by atoms with Crippen LogP contribution in [0.25, 0.3) is 11.2 Å². The molecular formula is C16H19F3N4O. The van der Waals surface area contributed by atoms with Crippen molar-refractivity contribution in [1.82, 2.24) is 19.4 Å². The standard InChI is InChI=1S/C16H19F3N4O/c1-10(2)23-9-21-13-7-11(8-20-14(13)23)15(24)22-5-3-12(4-6-22)16(17,18)19/h7-10,12H,3-6H2,1-2H3. The lowest BCUT2D eigenvalue weighted by Gasteiger charge is -2.32. The van der Waals surface area contributed by atoms with Gasteiger partial charge in [0.15, 0.2) is 5.65 Å². The van der Waals surface area contributed by atoms with Crippen LogP contribution >= 0.6 is 0 Å². The minimum absolute atomic E-state index is 0.0487. The van der Waals surface area contributed by atoms with Gasteiger partial charge in [-0.2, -0.15) is 13.2 Å². The molecule has 3 heterocycles. The molecule has 8 heteroatoms. The van der Waals surface area contributed by atoms with Crippen molar-refractivity contribution in [2.75, 3.05) is 13.1 Å². The molecule has 0 N–H and O–H groups in total. The van der Waals surface area contributed by atoms with Crippen LogP contribution in [0.5, 0.6) is 0 Å². The van der Waals surface area contributed by atoms with Crippen molar-refractivity contribution in [2.24, 2.45) is 5.92 Å². The quantitative estimate of drug-likeness (QED) is 0.842. The molecule has 1 aliphatic rings. The molecule has 3 rings (SSSR count). The topological polar surface area (TPSA) is 51.0 Å². The van der Waals surface area contributed by atoms with Crippen molar-refractivity contribution in [3.63, 3.8) is 0 Å². The van der Waals surface area contributed by atoms with Crippen molar-refractivity contribution in [3.8, 4) is 0 Å². The fourth-order valence-corrected chi connectivity index (χ4v) is 3.01. The number of carbonyl (C=O) groups excluding carboxylic acids is 1. The number of alkyl halides is 3. The highest BCUT2D eigenvalue weighted by Gasteiger charge is 2.41. The highest BCUT2D eigenvalue weighted by Crippen LogP contribution is 2.34. The van der Waals surface area contributed by atoms with Gasteiger partial charge in [-0.1, -0.05) is 0 Å². The van der Waals surface area contributed by atoms with Crippen LogP contribution in [-0.2, 0) is 0 Å². The number of nitrogens with zero attached hydrogens (tertiary/aromatic N) is 4. The maximum atomic E-state index is 12.7. The SMILES string of the molecule is CC(C)n1cnc2cc(C(=O)N3CCC(C(F)(F)F)CC3)cnc21. The molecule has 0 aliphatic carbocycles. The van der Waals surface area contributed by atoms with Crippen molar-refractivity contribution in [1.29, 1.82) is 0 Å². The number of piperidine rings is 1. The first-order valence-corrected chi connectivity index (χ1v) is 7.96. The predicted molar refractivity (Wildman–Crippen MR) is 82.6 cm³/mol. The van der Waals surface area contributed by atoms with Crippen LogP contribution in [0.3, 0.4) is 0 Å². The Labute approximate surface area is 137 Å². The number of pyridine rings is 1. The summed E-state index contributed by atoms with van der Waals surface area (Å²) >= 11 is 0. The Kier molecular flexibility index (Phi) is 4.23. The molecule has 2 aromatic heterocycles. The lowest BCUT2D eigenvalue weighted by atomic mass is 9.96. The largest absolute Gasteiger partial charge is 0.391 e. The van der Waals surface area contributed by atoms with Gasteiger partial charge in [0.1, 0.15) is 5.52 Å². The molecule has 0 unspecified atom stereocenters. The molecule has 0 atom stereocenters. The number of carbonyl (C=O) groups is 1. The van der Waals surface area contributed by atoms with E-state index in [1.165, 1.54) is 11.1 Å². The van der Waals surface area contributed by atoms with Gasteiger partial charge in [0.25, 0.3) is 5.91 Å². The molecular weight excluding hydrogens is 321 g/mol. The number of amides is 1. The fraction of sp³-hybridized carbons (Fsp3) is 0.562. The summed E-state index contributed by atoms with van der Waals surface area (Å²) in [5.74, 6) is -1.60. The summed E-state index contributed by atoms with van der Waals surface area (Å²) in [6.07, 6.45) is -1.13. The maximum Gasteiger partial charge on any atom is 0.391 e. The molecule has 1 amide bonds. The fourth-order valence-electron chi connectivity index (χ4n) is 3.01. The van der Waals surface area contributed by atoms with Gasteiger partial charge in [0, 0.05) is 25.3 Å². The Bertz CT molecular complexity index is 745. The van der Waals surface area contributed by atoms with Gasteiger partial charge in [-0.3, -0.25) is 4.79 Å². The Balaban J connectivity index is 1.75. The summed E-state index contributed by atoms with van der Waals surface area (Å²) in [5, 5.41) is 0. The van der Waals surface area contributed by atoms with E-state index in [-0.39, 0.29) is 37.9 Å². The third-order valence-corrected chi connectivity index (χ3v) is 4.46. The Morgan fingerprint density at radius 2 is 1.92 bits per heavy atom. The molecule has 2 aromatic rings. The minimum atomic E-state index is -4.18. The predicted octanol–water partition coefficient (Wildman–Crippen LogP) is 3.43. The first kappa shape index (κ1) is 16.7. The van der Waals surface area contributed by atoms with Gasteiger partial charge in [-0.05, 0) is 32.8 Å². The van der Waals surface area contributed by atoms with E-state index in [1.807, 2.05) is 18.4 Å². The van der Waals surface area contributed by atoms with E-state index in [1.54, 1.807) is 12.4 Å². The Morgan fingerprint density at radius 1 is 1.25 bits per heavy atom.